The predicted molar refractivity (Wildman–Crippen MR) is 70.6 cm³/mol. The lowest BCUT2D eigenvalue weighted by atomic mass is 10.1. The maximum absolute atomic E-state index is 5.34. The Morgan fingerprint density at radius 1 is 1.33 bits per heavy atom. The number of nitrogens with zero attached hydrogens (tertiary/aromatic N) is 1. The van der Waals surface area contributed by atoms with Gasteiger partial charge in [-0.15, -0.1) is 0 Å². The standard InChI is InChI=1S/C12H24N2S/c1-9(2)14(10(3)4)8-6-11-12(15)5-7-13-11/h9-11,13H,5-8H2,1-4H3. The summed E-state index contributed by atoms with van der Waals surface area (Å²) in [5.74, 6) is 0. The van der Waals surface area contributed by atoms with Crippen molar-refractivity contribution < 1.29 is 0 Å². The lowest BCUT2D eigenvalue weighted by Gasteiger charge is -2.31. The maximum Gasteiger partial charge on any atom is 0.0396 e. The molecule has 0 aromatic rings. The summed E-state index contributed by atoms with van der Waals surface area (Å²) < 4.78 is 0. The van der Waals surface area contributed by atoms with Crippen LogP contribution in [0, 0.1) is 0 Å². The van der Waals surface area contributed by atoms with E-state index in [4.69, 9.17) is 12.2 Å². The zero-order valence-electron chi connectivity index (χ0n) is 10.4. The van der Waals surface area contributed by atoms with Gasteiger partial charge in [-0.25, -0.2) is 0 Å². The minimum absolute atomic E-state index is 0.486. The molecule has 0 aromatic carbocycles. The van der Waals surface area contributed by atoms with E-state index < -0.39 is 0 Å². The quantitative estimate of drug-likeness (QED) is 0.727. The van der Waals surface area contributed by atoms with Crippen LogP contribution < -0.4 is 5.32 Å². The Kier molecular flexibility index (Phi) is 5.16. The zero-order valence-corrected chi connectivity index (χ0v) is 11.2. The van der Waals surface area contributed by atoms with Crippen molar-refractivity contribution >= 4 is 17.1 Å². The molecule has 1 aliphatic heterocycles. The summed E-state index contributed by atoms with van der Waals surface area (Å²) in [7, 11) is 0. The molecule has 1 rings (SSSR count). The summed E-state index contributed by atoms with van der Waals surface area (Å²) in [6.45, 7) is 11.3. The minimum Gasteiger partial charge on any atom is -0.309 e. The van der Waals surface area contributed by atoms with E-state index in [1.54, 1.807) is 0 Å². The molecule has 15 heavy (non-hydrogen) atoms. The first-order valence-corrected chi connectivity index (χ1v) is 6.45. The SMILES string of the molecule is CC(C)N(CCC1NCCC1=S)C(C)C. The van der Waals surface area contributed by atoms with Crippen molar-refractivity contribution in [1.82, 2.24) is 10.2 Å². The van der Waals surface area contributed by atoms with E-state index in [-0.39, 0.29) is 0 Å². The highest BCUT2D eigenvalue weighted by Gasteiger charge is 2.22. The fourth-order valence-electron chi connectivity index (χ4n) is 2.31. The van der Waals surface area contributed by atoms with Crippen LogP contribution >= 0.6 is 12.2 Å². The first-order valence-electron chi connectivity index (χ1n) is 6.04. The molecule has 2 nitrogen and oxygen atoms in total. The first kappa shape index (κ1) is 13.1. The number of thiocarbonyl (C=S) groups is 1. The lowest BCUT2D eigenvalue weighted by molar-refractivity contribution is 0.171. The van der Waals surface area contributed by atoms with Crippen molar-refractivity contribution in [3.8, 4) is 0 Å². The van der Waals surface area contributed by atoms with Crippen LogP contribution in [0.15, 0.2) is 0 Å². The van der Waals surface area contributed by atoms with Gasteiger partial charge in [-0.3, -0.25) is 4.90 Å². The fourth-order valence-corrected chi connectivity index (χ4v) is 2.61. The lowest BCUT2D eigenvalue weighted by Crippen LogP contribution is -2.40. The second kappa shape index (κ2) is 5.92. The van der Waals surface area contributed by atoms with Crippen LogP contribution in [0.2, 0.25) is 0 Å². The average molecular weight is 228 g/mol. The van der Waals surface area contributed by atoms with Gasteiger partial charge >= 0.3 is 0 Å². The molecule has 1 aliphatic rings. The third-order valence-corrected chi connectivity index (χ3v) is 3.64. The van der Waals surface area contributed by atoms with Crippen molar-refractivity contribution in [2.75, 3.05) is 13.1 Å². The third kappa shape index (κ3) is 3.82. The number of hydrogen-bond donors (Lipinski definition) is 1. The summed E-state index contributed by atoms with van der Waals surface area (Å²) in [6, 6.07) is 1.74. The normalized spacial score (nSPS) is 22.3. The Hall–Kier alpha value is 0.01000. The first-order chi connectivity index (χ1) is 7.02. The molecule has 1 atom stereocenters. The van der Waals surface area contributed by atoms with E-state index in [1.807, 2.05) is 0 Å². The molecule has 0 radical (unpaired) electrons. The van der Waals surface area contributed by atoms with E-state index >= 15 is 0 Å². The van der Waals surface area contributed by atoms with Gasteiger partial charge in [0.05, 0.1) is 0 Å². The number of nitrogens with one attached hydrogen (secondary N) is 1. The van der Waals surface area contributed by atoms with Crippen LogP contribution in [0.4, 0.5) is 0 Å². The summed E-state index contributed by atoms with van der Waals surface area (Å²) >= 11 is 5.34. The number of rotatable bonds is 5. The number of hydrogen-bond acceptors (Lipinski definition) is 3. The van der Waals surface area contributed by atoms with E-state index in [0.717, 1.165) is 25.9 Å². The topological polar surface area (TPSA) is 15.3 Å². The fraction of sp³-hybridized carbons (Fsp3) is 0.917. The Morgan fingerprint density at radius 2 is 1.93 bits per heavy atom. The smallest absolute Gasteiger partial charge is 0.0396 e. The van der Waals surface area contributed by atoms with Gasteiger partial charge in [-0.05, 0) is 40.5 Å². The van der Waals surface area contributed by atoms with E-state index in [0.29, 0.717) is 18.1 Å². The van der Waals surface area contributed by atoms with E-state index in [2.05, 4.69) is 37.9 Å². The second-order valence-electron chi connectivity index (χ2n) is 4.94. The van der Waals surface area contributed by atoms with Gasteiger partial charge in [0.15, 0.2) is 0 Å². The molecule has 0 saturated carbocycles. The van der Waals surface area contributed by atoms with Gasteiger partial charge < -0.3 is 5.32 Å². The van der Waals surface area contributed by atoms with Crippen molar-refractivity contribution in [3.05, 3.63) is 0 Å². The van der Waals surface area contributed by atoms with Gasteiger partial charge in [0.2, 0.25) is 0 Å². The van der Waals surface area contributed by atoms with Gasteiger partial charge in [0.25, 0.3) is 0 Å². The van der Waals surface area contributed by atoms with Crippen LogP contribution in [0.1, 0.15) is 40.5 Å². The molecular weight excluding hydrogens is 204 g/mol. The summed E-state index contributed by atoms with van der Waals surface area (Å²) in [4.78, 5) is 3.75. The molecule has 1 heterocycles. The van der Waals surface area contributed by atoms with E-state index in [1.165, 1.54) is 4.86 Å². The van der Waals surface area contributed by atoms with Crippen LogP contribution in [-0.4, -0.2) is 41.0 Å². The monoisotopic (exact) mass is 228 g/mol. The second-order valence-corrected chi connectivity index (χ2v) is 5.46. The van der Waals surface area contributed by atoms with Crippen molar-refractivity contribution in [1.29, 1.82) is 0 Å². The Morgan fingerprint density at radius 3 is 2.33 bits per heavy atom. The van der Waals surface area contributed by atoms with Crippen molar-refractivity contribution in [2.45, 2.75) is 58.7 Å². The van der Waals surface area contributed by atoms with Crippen molar-refractivity contribution in [2.24, 2.45) is 0 Å². The largest absolute Gasteiger partial charge is 0.309 e. The summed E-state index contributed by atoms with van der Waals surface area (Å²) in [6.07, 6.45) is 2.25. The van der Waals surface area contributed by atoms with Crippen LogP contribution in [0.3, 0.4) is 0 Å². The molecular formula is C12H24N2S. The van der Waals surface area contributed by atoms with Gasteiger partial charge in [-0.2, -0.15) is 0 Å². The Balaban J connectivity index is 2.36. The molecule has 0 aromatic heterocycles. The molecule has 3 heteroatoms. The molecule has 0 aliphatic carbocycles. The summed E-state index contributed by atoms with van der Waals surface area (Å²) in [5, 5.41) is 3.47. The third-order valence-electron chi connectivity index (χ3n) is 3.15. The highest BCUT2D eigenvalue weighted by Crippen LogP contribution is 2.11. The van der Waals surface area contributed by atoms with Crippen LogP contribution in [-0.2, 0) is 0 Å². The summed E-state index contributed by atoms with van der Waals surface area (Å²) in [5.41, 5.74) is 0. The molecule has 88 valence electrons. The minimum atomic E-state index is 0.486. The van der Waals surface area contributed by atoms with Crippen LogP contribution in [0.25, 0.3) is 0 Å². The van der Waals surface area contributed by atoms with Gasteiger partial charge in [0.1, 0.15) is 0 Å². The van der Waals surface area contributed by atoms with Crippen molar-refractivity contribution in [3.63, 3.8) is 0 Å². The molecule has 0 spiro atoms. The highest BCUT2D eigenvalue weighted by molar-refractivity contribution is 7.80. The average Bonchev–Trinajstić information content (AvgIpc) is 2.51. The Bertz CT molecular complexity index is 206. The van der Waals surface area contributed by atoms with E-state index in [9.17, 15) is 0 Å². The molecule has 0 bridgehead atoms. The predicted octanol–water partition coefficient (Wildman–Crippen LogP) is 2.23. The maximum atomic E-state index is 5.34. The molecule has 1 fully saturated rings. The molecule has 1 N–H and O–H groups in total. The zero-order chi connectivity index (χ0) is 11.4. The molecule has 0 amide bonds. The molecule has 1 unspecified atom stereocenters. The highest BCUT2D eigenvalue weighted by atomic mass is 32.1. The van der Waals surface area contributed by atoms with Crippen LogP contribution in [0.5, 0.6) is 0 Å². The Labute approximate surface area is 99.4 Å². The molecule has 1 saturated heterocycles. The van der Waals surface area contributed by atoms with Gasteiger partial charge in [0, 0.05) is 36.1 Å². The van der Waals surface area contributed by atoms with Gasteiger partial charge in [-0.1, -0.05) is 12.2 Å².